The second kappa shape index (κ2) is 11.5. The summed E-state index contributed by atoms with van der Waals surface area (Å²) in [6.45, 7) is 4.88. The third-order valence-electron chi connectivity index (χ3n) is 5.35. The van der Waals surface area contributed by atoms with Crippen LogP contribution in [0.4, 0.5) is 4.79 Å². The monoisotopic (exact) mass is 482 g/mol. The van der Waals surface area contributed by atoms with Gasteiger partial charge in [0, 0.05) is 19.4 Å². The highest BCUT2D eigenvalue weighted by atomic mass is 16.7. The molecule has 0 fully saturated rings. The van der Waals surface area contributed by atoms with Gasteiger partial charge in [0.05, 0.1) is 7.11 Å². The van der Waals surface area contributed by atoms with E-state index in [9.17, 15) is 9.59 Å². The number of nitrogens with zero attached hydrogens (tertiary/aromatic N) is 4. The maximum absolute atomic E-state index is 12.7. The highest BCUT2D eigenvalue weighted by molar-refractivity contribution is 5.67. The smallest absolute Gasteiger partial charge is 0.434 e. The van der Waals surface area contributed by atoms with Crippen LogP contribution in [0, 0.1) is 5.41 Å². The molecular formula is C25H30N4O6. The van der Waals surface area contributed by atoms with Gasteiger partial charge in [-0.3, -0.25) is 9.63 Å². The van der Waals surface area contributed by atoms with Crippen LogP contribution in [0.5, 0.6) is 5.75 Å². The molecular weight excluding hydrogens is 452 g/mol. The fourth-order valence-electron chi connectivity index (χ4n) is 3.33. The molecule has 0 N–H and O–H groups in total. The molecule has 10 heteroatoms. The van der Waals surface area contributed by atoms with Crippen molar-refractivity contribution >= 4 is 12.1 Å². The van der Waals surface area contributed by atoms with Gasteiger partial charge in [-0.25, -0.2) is 14.5 Å². The summed E-state index contributed by atoms with van der Waals surface area (Å²) in [5.41, 5.74) is 1.22. The Labute approximate surface area is 204 Å². The first kappa shape index (κ1) is 25.7. The van der Waals surface area contributed by atoms with Gasteiger partial charge in [0.1, 0.15) is 25.0 Å². The van der Waals surface area contributed by atoms with Gasteiger partial charge in [0.15, 0.2) is 6.10 Å². The Balaban J connectivity index is 1.94. The maximum Gasteiger partial charge on any atom is 0.434 e. The summed E-state index contributed by atoms with van der Waals surface area (Å²) in [6, 6.07) is 17.5. The zero-order valence-corrected chi connectivity index (χ0v) is 20.5. The fourth-order valence-corrected chi connectivity index (χ4v) is 3.33. The Morgan fingerprint density at radius 1 is 1.06 bits per heavy atom. The van der Waals surface area contributed by atoms with E-state index < -0.39 is 29.8 Å². The molecule has 0 aliphatic rings. The quantitative estimate of drug-likeness (QED) is 0.314. The molecule has 0 radical (unpaired) electrons. The number of hydrogen-bond acceptors (Lipinski definition) is 8. The van der Waals surface area contributed by atoms with Crippen molar-refractivity contribution in [1.82, 2.24) is 19.8 Å². The molecule has 3 rings (SSSR count). The van der Waals surface area contributed by atoms with Crippen molar-refractivity contribution in [1.29, 1.82) is 0 Å². The van der Waals surface area contributed by atoms with Gasteiger partial charge in [0.2, 0.25) is 6.23 Å². The van der Waals surface area contributed by atoms with E-state index in [4.69, 9.17) is 19.0 Å². The van der Waals surface area contributed by atoms with E-state index in [1.54, 1.807) is 13.8 Å². The summed E-state index contributed by atoms with van der Waals surface area (Å²) in [7, 11) is 2.77. The molecule has 0 aliphatic heterocycles. The molecule has 2 aromatic carbocycles. The van der Waals surface area contributed by atoms with Crippen molar-refractivity contribution < 1.29 is 28.6 Å². The molecule has 1 heterocycles. The highest BCUT2D eigenvalue weighted by Gasteiger charge is 2.43. The Morgan fingerprint density at radius 2 is 1.71 bits per heavy atom. The van der Waals surface area contributed by atoms with E-state index >= 15 is 0 Å². The third kappa shape index (κ3) is 6.80. The van der Waals surface area contributed by atoms with E-state index in [2.05, 4.69) is 10.1 Å². The van der Waals surface area contributed by atoms with E-state index in [-0.39, 0.29) is 6.61 Å². The van der Waals surface area contributed by atoms with Crippen molar-refractivity contribution in [2.24, 2.45) is 5.41 Å². The number of amides is 1. The average molecular weight is 483 g/mol. The topological polar surface area (TPSA) is 105 Å². The van der Waals surface area contributed by atoms with Crippen molar-refractivity contribution in [2.75, 3.05) is 20.8 Å². The minimum atomic E-state index is -0.956. The Hall–Kier alpha value is -3.92. The Morgan fingerprint density at radius 3 is 2.29 bits per heavy atom. The van der Waals surface area contributed by atoms with Gasteiger partial charge < -0.3 is 14.2 Å². The maximum atomic E-state index is 12.7. The average Bonchev–Trinajstić information content (AvgIpc) is 3.40. The number of aromatic nitrogens is 3. The summed E-state index contributed by atoms with van der Waals surface area (Å²) >= 11 is 0. The molecule has 2 atom stereocenters. The van der Waals surface area contributed by atoms with Gasteiger partial charge in [-0.15, -0.1) is 0 Å². The SMILES string of the molecule is CON(C)C(=O)OC(C(Oc1ccc(-c2ccccc2)cc1)n1cncn1)C(C)(C)COC(C)=O. The first-order valence-electron chi connectivity index (χ1n) is 11.0. The molecule has 0 aliphatic carbocycles. The van der Waals surface area contributed by atoms with Crippen LogP contribution in [0.3, 0.4) is 0 Å². The highest BCUT2D eigenvalue weighted by Crippen LogP contribution is 2.35. The minimum Gasteiger partial charge on any atom is -0.465 e. The molecule has 0 bridgehead atoms. The van der Waals surface area contributed by atoms with Crippen LogP contribution >= 0.6 is 0 Å². The summed E-state index contributed by atoms with van der Waals surface area (Å²) < 4.78 is 18.8. The van der Waals surface area contributed by atoms with Crippen molar-refractivity contribution in [3.05, 3.63) is 67.3 Å². The van der Waals surface area contributed by atoms with Crippen LogP contribution in [0.25, 0.3) is 11.1 Å². The van der Waals surface area contributed by atoms with Crippen LogP contribution in [-0.2, 0) is 19.1 Å². The second-order valence-corrected chi connectivity index (χ2v) is 8.53. The lowest BCUT2D eigenvalue weighted by molar-refractivity contribution is -0.159. The van der Waals surface area contributed by atoms with Gasteiger partial charge in [-0.2, -0.15) is 10.2 Å². The van der Waals surface area contributed by atoms with Crippen LogP contribution < -0.4 is 4.74 Å². The molecule has 0 saturated heterocycles. The van der Waals surface area contributed by atoms with Crippen molar-refractivity contribution in [3.63, 3.8) is 0 Å². The molecule has 1 amide bonds. The number of hydroxylamine groups is 2. The number of hydrogen-bond donors (Lipinski definition) is 0. The zero-order valence-electron chi connectivity index (χ0n) is 20.5. The summed E-state index contributed by atoms with van der Waals surface area (Å²) in [5, 5.41) is 5.16. The van der Waals surface area contributed by atoms with Gasteiger partial charge in [0.25, 0.3) is 0 Å². The van der Waals surface area contributed by atoms with Crippen LogP contribution in [0.2, 0.25) is 0 Å². The second-order valence-electron chi connectivity index (χ2n) is 8.53. The molecule has 35 heavy (non-hydrogen) atoms. The van der Waals surface area contributed by atoms with E-state index in [0.29, 0.717) is 5.75 Å². The van der Waals surface area contributed by atoms with Gasteiger partial charge in [-0.1, -0.05) is 56.3 Å². The molecule has 0 spiro atoms. The number of rotatable bonds is 10. The van der Waals surface area contributed by atoms with Gasteiger partial charge in [-0.05, 0) is 23.3 Å². The van der Waals surface area contributed by atoms with Crippen molar-refractivity contribution in [2.45, 2.75) is 33.1 Å². The molecule has 3 aromatic rings. The van der Waals surface area contributed by atoms with Crippen LogP contribution in [0.15, 0.2) is 67.3 Å². The lowest BCUT2D eigenvalue weighted by Crippen LogP contribution is -2.47. The largest absolute Gasteiger partial charge is 0.465 e. The normalized spacial score (nSPS) is 12.9. The lowest BCUT2D eigenvalue weighted by atomic mass is 9.86. The molecule has 10 nitrogen and oxygen atoms in total. The Bertz CT molecular complexity index is 1090. The number of benzene rings is 2. The molecule has 1 aromatic heterocycles. The number of carbonyl (C=O) groups excluding carboxylic acids is 2. The first-order chi connectivity index (χ1) is 16.7. The van der Waals surface area contributed by atoms with Crippen LogP contribution in [-0.4, -0.2) is 58.8 Å². The summed E-state index contributed by atoms with van der Waals surface area (Å²) in [6.07, 6.45) is 0.184. The van der Waals surface area contributed by atoms with Crippen LogP contribution in [0.1, 0.15) is 27.0 Å². The van der Waals surface area contributed by atoms with E-state index in [0.717, 1.165) is 16.2 Å². The number of esters is 1. The zero-order chi connectivity index (χ0) is 25.4. The molecule has 2 unspecified atom stereocenters. The first-order valence-corrected chi connectivity index (χ1v) is 11.0. The predicted molar refractivity (Wildman–Crippen MR) is 127 cm³/mol. The number of carbonyl (C=O) groups is 2. The minimum absolute atomic E-state index is 0.0293. The van der Waals surface area contributed by atoms with E-state index in [1.807, 2.05) is 54.6 Å². The van der Waals surface area contributed by atoms with Crippen molar-refractivity contribution in [3.8, 4) is 16.9 Å². The van der Waals surface area contributed by atoms with E-state index in [1.165, 1.54) is 38.4 Å². The predicted octanol–water partition coefficient (Wildman–Crippen LogP) is 4.11. The summed E-state index contributed by atoms with van der Waals surface area (Å²) in [4.78, 5) is 33.2. The third-order valence-corrected chi connectivity index (χ3v) is 5.35. The van der Waals surface area contributed by atoms with Gasteiger partial charge >= 0.3 is 12.1 Å². The number of ether oxygens (including phenoxy) is 3. The summed E-state index contributed by atoms with van der Waals surface area (Å²) in [5.74, 6) is 0.0708. The fraction of sp³-hybridized carbons (Fsp3) is 0.360. The molecule has 186 valence electrons. The standard InChI is InChI=1S/C25H30N4O6/c1-18(30)33-15-25(2,3)22(35-24(31)28(4)32-5)23(29-17-26-16-27-29)34-21-13-11-20(12-14-21)19-9-7-6-8-10-19/h6-14,16-17,22-23H,15H2,1-5H3. The molecule has 0 saturated carbocycles. The Kier molecular flexibility index (Phi) is 8.43. The lowest BCUT2D eigenvalue weighted by Gasteiger charge is -2.38.